The smallest absolute Gasteiger partial charge is 0.407 e. The average Bonchev–Trinajstić information content (AvgIpc) is 3.48. The van der Waals surface area contributed by atoms with Gasteiger partial charge in [0.2, 0.25) is 11.8 Å². The van der Waals surface area contributed by atoms with E-state index in [1.54, 1.807) is 52.3 Å². The van der Waals surface area contributed by atoms with Gasteiger partial charge in [0.1, 0.15) is 24.3 Å². The highest BCUT2D eigenvalue weighted by molar-refractivity contribution is 9.10. The third-order valence-electron chi connectivity index (χ3n) is 10.2. The zero-order valence-corrected chi connectivity index (χ0v) is 32.9. The number of fused-ring (bicyclic) bond motifs is 1. The minimum absolute atomic E-state index is 0.000217. The van der Waals surface area contributed by atoms with Gasteiger partial charge in [0, 0.05) is 87.5 Å². The van der Waals surface area contributed by atoms with Crippen molar-refractivity contribution in [2.24, 2.45) is 10.8 Å². The molecule has 1 aromatic carbocycles. The molecule has 3 aliphatic rings. The lowest BCUT2D eigenvalue weighted by Crippen LogP contribution is -2.56. The van der Waals surface area contributed by atoms with E-state index in [0.29, 0.717) is 61.7 Å². The van der Waals surface area contributed by atoms with Crippen LogP contribution in [0.25, 0.3) is 11.0 Å². The summed E-state index contributed by atoms with van der Waals surface area (Å²) in [6.07, 6.45) is 3.78. The molecule has 0 unspecified atom stereocenters. The van der Waals surface area contributed by atoms with E-state index in [0.717, 1.165) is 28.8 Å². The number of nitrogens with one attached hydrogen (secondary N) is 2. The molecule has 0 radical (unpaired) electrons. The van der Waals surface area contributed by atoms with Crippen molar-refractivity contribution in [3.8, 4) is 0 Å². The van der Waals surface area contributed by atoms with Crippen molar-refractivity contribution in [1.82, 2.24) is 39.8 Å². The molecule has 3 aliphatic heterocycles. The molecule has 0 aliphatic carbocycles. The standard InChI is InChI=1S/C37H43BBrClN8O6/c1-36(2)20-46(21-36)31(49)18-47-33-26(14-27(35(47)52)34(51)43-16-24-4-6-25(40)7-5-24)28(8-9-42-33)38-53-22-37(3,23-54-38)15-30-29(39)17-44-48(30)19-32(50)45-12-10-41-11-13-45/h4-9,14,17,41H,10-13,15-16,18-23H2,1-3H3,(H,43,51). The third-order valence-corrected chi connectivity index (χ3v) is 11.1. The van der Waals surface area contributed by atoms with Gasteiger partial charge in [0.15, 0.2) is 0 Å². The first-order valence-electron chi connectivity index (χ1n) is 18.0. The van der Waals surface area contributed by atoms with Crippen molar-refractivity contribution in [2.45, 2.75) is 46.8 Å². The van der Waals surface area contributed by atoms with Crippen molar-refractivity contribution in [2.75, 3.05) is 52.5 Å². The molecule has 3 amide bonds. The molecule has 7 rings (SSSR count). The summed E-state index contributed by atoms with van der Waals surface area (Å²) in [5.41, 5.74) is 1.29. The summed E-state index contributed by atoms with van der Waals surface area (Å²) in [7, 11) is -0.839. The molecule has 6 heterocycles. The molecule has 3 fully saturated rings. The lowest BCUT2D eigenvalue weighted by atomic mass is 9.73. The van der Waals surface area contributed by atoms with Gasteiger partial charge >= 0.3 is 7.12 Å². The summed E-state index contributed by atoms with van der Waals surface area (Å²) < 4.78 is 16.6. The highest BCUT2D eigenvalue weighted by Gasteiger charge is 2.40. The lowest BCUT2D eigenvalue weighted by Gasteiger charge is -2.45. The minimum atomic E-state index is -0.839. The van der Waals surface area contributed by atoms with Crippen LogP contribution in [0.5, 0.6) is 0 Å². The van der Waals surface area contributed by atoms with Crippen molar-refractivity contribution in [3.05, 3.63) is 85.5 Å². The van der Waals surface area contributed by atoms with E-state index >= 15 is 0 Å². The zero-order chi connectivity index (χ0) is 38.2. The van der Waals surface area contributed by atoms with Crippen LogP contribution in [-0.4, -0.2) is 106 Å². The summed E-state index contributed by atoms with van der Waals surface area (Å²) >= 11 is 9.66. The largest absolute Gasteiger partial charge is 0.494 e. The van der Waals surface area contributed by atoms with Crippen LogP contribution in [-0.2, 0) is 45.0 Å². The molecule has 0 spiro atoms. The molecule has 14 nitrogen and oxygen atoms in total. The second-order valence-corrected chi connectivity index (χ2v) is 16.8. The number of pyridine rings is 2. The molecular formula is C37H43BBrClN8O6. The zero-order valence-electron chi connectivity index (χ0n) is 30.6. The van der Waals surface area contributed by atoms with Crippen LogP contribution >= 0.6 is 27.5 Å². The Labute approximate surface area is 326 Å². The number of rotatable bonds is 10. The number of benzene rings is 1. The maximum absolute atomic E-state index is 14.0. The van der Waals surface area contributed by atoms with Crippen molar-refractivity contribution >= 4 is 68.9 Å². The second kappa shape index (κ2) is 15.6. The predicted octanol–water partition coefficient (Wildman–Crippen LogP) is 2.23. The SMILES string of the molecule is CC1(C)CN(C(=O)Cn2c(=O)c(C(=O)NCc3ccc(Cl)cc3)cc3c(B4OCC(C)(Cc5c(Br)cnn5CC(=O)N5CCNCC5)CO4)ccnc32)C1. The first-order valence-corrected chi connectivity index (χ1v) is 19.2. The number of likely N-dealkylation sites (tertiary alicyclic amines) is 1. The van der Waals surface area contributed by atoms with Gasteiger partial charge < -0.3 is 29.7 Å². The molecular weight excluding hydrogens is 779 g/mol. The van der Waals surface area contributed by atoms with Crippen molar-refractivity contribution in [3.63, 3.8) is 0 Å². The van der Waals surface area contributed by atoms with Gasteiger partial charge in [-0.05, 0) is 56.6 Å². The summed E-state index contributed by atoms with van der Waals surface area (Å²) in [5.74, 6) is -0.801. The van der Waals surface area contributed by atoms with Gasteiger partial charge in [-0.15, -0.1) is 0 Å². The van der Waals surface area contributed by atoms with Gasteiger partial charge in [0.25, 0.3) is 11.5 Å². The molecule has 2 N–H and O–H groups in total. The lowest BCUT2D eigenvalue weighted by molar-refractivity contribution is -0.142. The maximum Gasteiger partial charge on any atom is 0.494 e. The van der Waals surface area contributed by atoms with Crippen LogP contribution in [0, 0.1) is 10.8 Å². The van der Waals surface area contributed by atoms with Gasteiger partial charge in [-0.1, -0.05) is 44.5 Å². The summed E-state index contributed by atoms with van der Waals surface area (Å²) in [4.78, 5) is 62.2. The Morgan fingerprint density at radius 3 is 2.37 bits per heavy atom. The molecule has 4 aromatic rings. The average molecular weight is 822 g/mol. The number of hydrogen-bond donors (Lipinski definition) is 2. The summed E-state index contributed by atoms with van der Waals surface area (Å²) in [5, 5.41) is 11.6. The summed E-state index contributed by atoms with van der Waals surface area (Å²) in [6.45, 7) is 10.9. The first kappa shape index (κ1) is 38.2. The number of piperazine rings is 1. The second-order valence-electron chi connectivity index (χ2n) is 15.5. The van der Waals surface area contributed by atoms with E-state index in [-0.39, 0.29) is 48.1 Å². The first-order chi connectivity index (χ1) is 25.8. The number of halogens is 2. The van der Waals surface area contributed by atoms with E-state index in [2.05, 4.69) is 57.4 Å². The van der Waals surface area contributed by atoms with Gasteiger partial charge in [-0.2, -0.15) is 5.10 Å². The number of carbonyl (C=O) groups is 3. The normalized spacial score (nSPS) is 18.1. The maximum atomic E-state index is 14.0. The van der Waals surface area contributed by atoms with E-state index in [4.69, 9.17) is 20.9 Å². The fourth-order valence-corrected chi connectivity index (χ4v) is 7.81. The Hall–Kier alpha value is -4.09. The van der Waals surface area contributed by atoms with Crippen LogP contribution in [0.1, 0.15) is 42.4 Å². The molecule has 3 aromatic heterocycles. The summed E-state index contributed by atoms with van der Waals surface area (Å²) in [6, 6.07) is 10.3. The quantitative estimate of drug-likeness (QED) is 0.230. The van der Waals surface area contributed by atoms with E-state index in [1.807, 2.05) is 4.90 Å². The van der Waals surface area contributed by atoms with Crippen LogP contribution in [0.3, 0.4) is 0 Å². The van der Waals surface area contributed by atoms with Gasteiger partial charge in [-0.25, -0.2) is 4.98 Å². The fourth-order valence-electron chi connectivity index (χ4n) is 7.25. The van der Waals surface area contributed by atoms with Crippen molar-refractivity contribution < 1.29 is 23.7 Å². The molecule has 3 saturated heterocycles. The van der Waals surface area contributed by atoms with Crippen LogP contribution in [0.2, 0.25) is 5.02 Å². The molecule has 0 bridgehead atoms. The molecule has 54 heavy (non-hydrogen) atoms. The van der Waals surface area contributed by atoms with Crippen LogP contribution in [0.4, 0.5) is 0 Å². The fraction of sp³-hybridized carbons (Fsp3) is 0.459. The topological polar surface area (TPSA) is 153 Å². The van der Waals surface area contributed by atoms with E-state index < -0.39 is 24.0 Å². The van der Waals surface area contributed by atoms with Crippen LogP contribution in [0.15, 0.2) is 58.1 Å². The van der Waals surface area contributed by atoms with E-state index in [1.165, 1.54) is 10.6 Å². The Balaban J connectivity index is 1.13. The highest BCUT2D eigenvalue weighted by Crippen LogP contribution is 2.32. The molecule has 0 saturated carbocycles. The van der Waals surface area contributed by atoms with Crippen molar-refractivity contribution in [1.29, 1.82) is 0 Å². The highest BCUT2D eigenvalue weighted by atomic mass is 79.9. The van der Waals surface area contributed by atoms with Gasteiger partial charge in [-0.3, -0.25) is 28.4 Å². The molecule has 284 valence electrons. The Morgan fingerprint density at radius 1 is 1.00 bits per heavy atom. The van der Waals surface area contributed by atoms with Crippen LogP contribution < -0.4 is 21.7 Å². The Morgan fingerprint density at radius 2 is 1.69 bits per heavy atom. The number of hydrogen-bond acceptors (Lipinski definition) is 9. The van der Waals surface area contributed by atoms with Gasteiger partial charge in [0.05, 0.1) is 16.4 Å². The minimum Gasteiger partial charge on any atom is -0.407 e. The number of amides is 3. The van der Waals surface area contributed by atoms with E-state index in [9.17, 15) is 19.2 Å². The Bertz CT molecular complexity index is 2120. The number of carbonyl (C=O) groups excluding carboxylic acids is 3. The molecule has 17 heteroatoms. The number of aromatic nitrogens is 4. The molecule has 0 atom stereocenters. The Kier molecular flexibility index (Phi) is 11.0. The monoisotopic (exact) mass is 820 g/mol. The predicted molar refractivity (Wildman–Crippen MR) is 207 cm³/mol. The third kappa shape index (κ3) is 8.27. The number of nitrogens with zero attached hydrogens (tertiary/aromatic N) is 6.